The normalized spacial score (nSPS) is 14.8. The Kier molecular flexibility index (Phi) is 8.37. The molecular weight excluding hydrogens is 480 g/mol. The van der Waals surface area contributed by atoms with Crippen molar-refractivity contribution >= 4 is 14.0 Å². The number of carbonyl (C=O) groups is 1. The van der Waals surface area contributed by atoms with Crippen LogP contribution in [0.4, 0.5) is 4.39 Å². The Bertz CT molecular complexity index is 1320. The summed E-state index contributed by atoms with van der Waals surface area (Å²) in [5.41, 5.74) is 0.00965. The number of rotatable bonds is 8. The number of hydrogen-bond donors (Lipinski definition) is 2. The number of pyridine rings is 1. The molecule has 6 nitrogen and oxygen atoms in total. The predicted octanol–water partition coefficient (Wildman–Crippen LogP) is 5.50. The molecule has 2 N–H and O–H groups in total. The standard InChI is InChI=1S/C28H27FNO5P/c1-19(2)16-17-28(26(31)32,36(34)35-4)27(33,18-21-11-13-23(29)14-12-21)24-15-10-20(3)25(30-24)22-8-6-5-7-9-22/h5-15,19,33H,18H2,1-4H3/p+1. The molecule has 1 heterocycles. The van der Waals surface area contributed by atoms with E-state index in [0.29, 0.717) is 11.3 Å². The van der Waals surface area contributed by atoms with Crippen LogP contribution in [0.25, 0.3) is 11.3 Å². The summed E-state index contributed by atoms with van der Waals surface area (Å²) in [6.07, 6.45) is -0.360. The molecule has 0 radical (unpaired) electrons. The van der Waals surface area contributed by atoms with Gasteiger partial charge in [0, 0.05) is 17.9 Å². The quantitative estimate of drug-likeness (QED) is 0.308. The number of carboxylic acid groups (broad SMARTS) is 1. The lowest BCUT2D eigenvalue weighted by molar-refractivity contribution is -0.146. The van der Waals surface area contributed by atoms with Gasteiger partial charge in [0.25, 0.3) is 0 Å². The topological polar surface area (TPSA) is 96.7 Å². The van der Waals surface area contributed by atoms with Crippen molar-refractivity contribution in [1.82, 2.24) is 4.98 Å². The zero-order valence-electron chi connectivity index (χ0n) is 20.5. The molecular formula is C28H28FNO5P+. The number of carboxylic acids is 1. The lowest BCUT2D eigenvalue weighted by atomic mass is 9.78. The SMILES string of the molecule is CO[P+](=O)C(C#CC(C)C)(C(=O)O)C(O)(Cc1ccc(F)cc1)c1ccc(C)c(-c2ccccc2)n1. The maximum absolute atomic E-state index is 13.6. The fraction of sp³-hybridized carbons (Fsp3) is 0.286. The number of aryl methyl sites for hydroxylation is 1. The molecule has 0 amide bonds. The van der Waals surface area contributed by atoms with Gasteiger partial charge in [0.15, 0.2) is 5.60 Å². The highest BCUT2D eigenvalue weighted by atomic mass is 31.1. The minimum Gasteiger partial charge on any atom is -0.477 e. The van der Waals surface area contributed by atoms with Crippen LogP contribution in [0.3, 0.4) is 0 Å². The summed E-state index contributed by atoms with van der Waals surface area (Å²) in [6, 6.07) is 17.7. The Morgan fingerprint density at radius 2 is 1.75 bits per heavy atom. The van der Waals surface area contributed by atoms with Crippen LogP contribution < -0.4 is 0 Å². The summed E-state index contributed by atoms with van der Waals surface area (Å²) in [5, 5.41) is 20.3. The molecule has 0 spiro atoms. The summed E-state index contributed by atoms with van der Waals surface area (Å²) >= 11 is 0. The summed E-state index contributed by atoms with van der Waals surface area (Å²) in [7, 11) is -1.97. The van der Waals surface area contributed by atoms with Gasteiger partial charge >= 0.3 is 19.2 Å². The van der Waals surface area contributed by atoms with Crippen LogP contribution in [0.15, 0.2) is 66.7 Å². The molecule has 0 saturated heterocycles. The van der Waals surface area contributed by atoms with Crippen molar-refractivity contribution in [2.75, 3.05) is 7.11 Å². The molecule has 0 fully saturated rings. The first-order valence-electron chi connectivity index (χ1n) is 11.3. The van der Waals surface area contributed by atoms with Crippen LogP contribution in [0.5, 0.6) is 0 Å². The number of aliphatic hydroxyl groups is 1. The summed E-state index contributed by atoms with van der Waals surface area (Å²) in [6.45, 7) is 5.34. The van der Waals surface area contributed by atoms with E-state index in [1.54, 1.807) is 19.9 Å². The zero-order chi connectivity index (χ0) is 26.5. The van der Waals surface area contributed by atoms with Crippen molar-refractivity contribution in [1.29, 1.82) is 0 Å². The van der Waals surface area contributed by atoms with Crippen LogP contribution >= 0.6 is 8.03 Å². The highest BCUT2D eigenvalue weighted by molar-refractivity contribution is 7.43. The Balaban J connectivity index is 2.39. The molecule has 3 aromatic rings. The third-order valence-corrected chi connectivity index (χ3v) is 7.38. The monoisotopic (exact) mass is 508 g/mol. The van der Waals surface area contributed by atoms with Crippen molar-refractivity contribution in [2.24, 2.45) is 5.92 Å². The van der Waals surface area contributed by atoms with E-state index >= 15 is 0 Å². The first kappa shape index (κ1) is 27.2. The van der Waals surface area contributed by atoms with Crippen LogP contribution in [-0.4, -0.2) is 33.4 Å². The molecule has 3 unspecified atom stereocenters. The molecule has 0 bridgehead atoms. The molecule has 2 aromatic carbocycles. The fourth-order valence-corrected chi connectivity index (χ4v) is 5.02. The Morgan fingerprint density at radius 1 is 1.11 bits per heavy atom. The van der Waals surface area contributed by atoms with Crippen LogP contribution in [0, 0.1) is 30.5 Å². The predicted molar refractivity (Wildman–Crippen MR) is 136 cm³/mol. The maximum atomic E-state index is 13.6. The third kappa shape index (κ3) is 5.22. The lowest BCUT2D eigenvalue weighted by Crippen LogP contribution is -2.56. The van der Waals surface area contributed by atoms with Crippen LogP contribution in [0.1, 0.15) is 30.7 Å². The van der Waals surface area contributed by atoms with Gasteiger partial charge in [0.05, 0.1) is 18.5 Å². The van der Waals surface area contributed by atoms with Gasteiger partial charge in [-0.25, -0.2) is 14.2 Å². The number of aromatic nitrogens is 1. The molecule has 36 heavy (non-hydrogen) atoms. The van der Waals surface area contributed by atoms with E-state index in [9.17, 15) is 24.0 Å². The molecule has 0 aliphatic carbocycles. The van der Waals surface area contributed by atoms with E-state index in [2.05, 4.69) is 16.8 Å². The fourth-order valence-electron chi connectivity index (χ4n) is 3.94. The van der Waals surface area contributed by atoms with Gasteiger partial charge in [-0.1, -0.05) is 68.3 Å². The molecule has 3 rings (SSSR count). The summed E-state index contributed by atoms with van der Waals surface area (Å²) in [4.78, 5) is 17.6. The van der Waals surface area contributed by atoms with E-state index in [1.807, 2.05) is 37.3 Å². The number of halogens is 1. The van der Waals surface area contributed by atoms with E-state index in [0.717, 1.165) is 18.2 Å². The molecule has 0 saturated carbocycles. The van der Waals surface area contributed by atoms with Gasteiger partial charge < -0.3 is 10.2 Å². The van der Waals surface area contributed by atoms with Gasteiger partial charge in [-0.05, 0) is 46.7 Å². The molecule has 0 aliphatic heterocycles. The molecule has 0 aliphatic rings. The Morgan fingerprint density at radius 3 is 2.31 bits per heavy atom. The molecule has 8 heteroatoms. The second-order valence-electron chi connectivity index (χ2n) is 8.77. The van der Waals surface area contributed by atoms with Crippen LogP contribution in [-0.2, 0) is 25.9 Å². The van der Waals surface area contributed by atoms with Gasteiger partial charge in [-0.3, -0.25) is 0 Å². The van der Waals surface area contributed by atoms with Gasteiger partial charge in [-0.15, -0.1) is 4.52 Å². The van der Waals surface area contributed by atoms with Gasteiger partial charge in [-0.2, -0.15) is 0 Å². The summed E-state index contributed by atoms with van der Waals surface area (Å²) in [5.74, 6) is 2.98. The second kappa shape index (κ2) is 11.1. The van der Waals surface area contributed by atoms with E-state index in [1.165, 1.54) is 30.3 Å². The third-order valence-electron chi connectivity index (χ3n) is 5.83. The Labute approximate surface area is 211 Å². The highest BCUT2D eigenvalue weighted by Gasteiger charge is 2.72. The van der Waals surface area contributed by atoms with Crippen molar-refractivity contribution in [3.8, 4) is 23.1 Å². The minimum absolute atomic E-state index is 0.0443. The van der Waals surface area contributed by atoms with Crippen molar-refractivity contribution in [3.63, 3.8) is 0 Å². The van der Waals surface area contributed by atoms with Crippen LogP contribution in [0.2, 0.25) is 0 Å². The van der Waals surface area contributed by atoms with Crippen molar-refractivity contribution in [3.05, 3.63) is 89.4 Å². The van der Waals surface area contributed by atoms with Crippen molar-refractivity contribution < 1.29 is 28.5 Å². The first-order valence-corrected chi connectivity index (χ1v) is 12.5. The highest BCUT2D eigenvalue weighted by Crippen LogP contribution is 2.53. The lowest BCUT2D eigenvalue weighted by Gasteiger charge is -2.33. The second-order valence-corrected chi connectivity index (χ2v) is 10.3. The van der Waals surface area contributed by atoms with Gasteiger partial charge in [0.1, 0.15) is 5.82 Å². The number of aliphatic carboxylic acids is 1. The van der Waals surface area contributed by atoms with Crippen molar-refractivity contribution in [2.45, 2.75) is 37.9 Å². The first-order chi connectivity index (χ1) is 17.0. The number of hydrogen-bond acceptors (Lipinski definition) is 5. The number of benzene rings is 2. The van der Waals surface area contributed by atoms with E-state index < -0.39 is 30.6 Å². The smallest absolute Gasteiger partial charge is 0.477 e. The van der Waals surface area contributed by atoms with E-state index in [-0.39, 0.29) is 18.0 Å². The maximum Gasteiger partial charge on any atom is 0.543 e. The number of nitrogens with zero attached hydrogens (tertiary/aromatic N) is 1. The minimum atomic E-state index is -3.07. The molecule has 186 valence electrons. The molecule has 1 aromatic heterocycles. The zero-order valence-corrected chi connectivity index (χ0v) is 21.4. The largest absolute Gasteiger partial charge is 0.543 e. The average Bonchev–Trinajstić information content (AvgIpc) is 2.86. The Hall–Kier alpha value is -3.43. The molecule has 3 atom stereocenters. The average molecular weight is 509 g/mol. The van der Waals surface area contributed by atoms with Gasteiger partial charge in [0.2, 0.25) is 0 Å². The van der Waals surface area contributed by atoms with E-state index in [4.69, 9.17) is 4.52 Å². The summed E-state index contributed by atoms with van der Waals surface area (Å²) < 4.78 is 32.0.